The number of carboxylic acids is 1. The molecule has 0 fully saturated rings. The Labute approximate surface area is 93.0 Å². The molecule has 0 unspecified atom stereocenters. The zero-order chi connectivity index (χ0) is 12.1. The second-order valence-electron chi connectivity index (χ2n) is 3.43. The van der Waals surface area contributed by atoms with Crippen molar-refractivity contribution in [3.8, 4) is 0 Å². The Balaban J connectivity index is 3.21. The molecule has 0 aliphatic rings. The SMILES string of the molecule is CC(=O)c1c(CC(=O)O)ccc[n+]1CCO. The lowest BCUT2D eigenvalue weighted by atomic mass is 10.1. The van der Waals surface area contributed by atoms with Crippen LogP contribution in [0.25, 0.3) is 0 Å². The molecule has 0 aromatic carbocycles. The second-order valence-corrected chi connectivity index (χ2v) is 3.43. The number of aliphatic carboxylic acids is 1. The quantitative estimate of drug-likeness (QED) is 0.536. The van der Waals surface area contributed by atoms with Gasteiger partial charge in [0, 0.05) is 18.6 Å². The predicted octanol–water partition coefficient (Wildman–Crippen LogP) is -0.204. The fraction of sp³-hybridized carbons (Fsp3) is 0.364. The predicted molar refractivity (Wildman–Crippen MR) is 55.1 cm³/mol. The van der Waals surface area contributed by atoms with E-state index in [4.69, 9.17) is 10.2 Å². The monoisotopic (exact) mass is 224 g/mol. The van der Waals surface area contributed by atoms with Gasteiger partial charge in [0.15, 0.2) is 12.7 Å². The highest BCUT2D eigenvalue weighted by Crippen LogP contribution is 2.06. The van der Waals surface area contributed by atoms with Crippen molar-refractivity contribution in [1.29, 1.82) is 0 Å². The van der Waals surface area contributed by atoms with Crippen LogP contribution in [0, 0.1) is 0 Å². The van der Waals surface area contributed by atoms with Crippen LogP contribution in [0.2, 0.25) is 0 Å². The third kappa shape index (κ3) is 2.87. The Morgan fingerprint density at radius 3 is 2.62 bits per heavy atom. The molecule has 1 aromatic heterocycles. The molecule has 86 valence electrons. The highest BCUT2D eigenvalue weighted by Gasteiger charge is 2.21. The summed E-state index contributed by atoms with van der Waals surface area (Å²) in [7, 11) is 0. The number of ketones is 1. The number of Topliss-reactive ketones (excluding diaryl/α,β-unsaturated/α-hetero) is 1. The number of aliphatic hydroxyl groups excluding tert-OH is 1. The van der Waals surface area contributed by atoms with Crippen molar-refractivity contribution in [2.75, 3.05) is 6.61 Å². The lowest BCUT2D eigenvalue weighted by Gasteiger charge is -2.04. The fourth-order valence-corrected chi connectivity index (χ4v) is 1.63. The molecule has 16 heavy (non-hydrogen) atoms. The molecular weight excluding hydrogens is 210 g/mol. The van der Waals surface area contributed by atoms with Crippen LogP contribution in [0.15, 0.2) is 18.3 Å². The van der Waals surface area contributed by atoms with E-state index in [1.807, 2.05) is 0 Å². The number of carbonyl (C=O) groups is 2. The number of aromatic nitrogens is 1. The Kier molecular flexibility index (Phi) is 4.13. The van der Waals surface area contributed by atoms with E-state index in [9.17, 15) is 9.59 Å². The van der Waals surface area contributed by atoms with Crippen molar-refractivity contribution in [3.63, 3.8) is 0 Å². The smallest absolute Gasteiger partial charge is 0.308 e. The van der Waals surface area contributed by atoms with Crippen molar-refractivity contribution in [1.82, 2.24) is 0 Å². The molecule has 1 aromatic rings. The third-order valence-corrected chi connectivity index (χ3v) is 2.17. The van der Waals surface area contributed by atoms with Crippen LogP contribution in [0.3, 0.4) is 0 Å². The zero-order valence-corrected chi connectivity index (χ0v) is 9.01. The van der Waals surface area contributed by atoms with Crippen molar-refractivity contribution in [3.05, 3.63) is 29.6 Å². The Hall–Kier alpha value is -1.75. The number of hydrogen-bond acceptors (Lipinski definition) is 3. The van der Waals surface area contributed by atoms with Gasteiger partial charge in [-0.2, -0.15) is 4.57 Å². The van der Waals surface area contributed by atoms with E-state index in [0.29, 0.717) is 11.3 Å². The van der Waals surface area contributed by atoms with Crippen molar-refractivity contribution in [2.45, 2.75) is 19.9 Å². The largest absolute Gasteiger partial charge is 0.481 e. The van der Waals surface area contributed by atoms with Crippen LogP contribution in [0.1, 0.15) is 23.0 Å². The van der Waals surface area contributed by atoms with Crippen molar-refractivity contribution in [2.24, 2.45) is 0 Å². The van der Waals surface area contributed by atoms with Gasteiger partial charge in [-0.1, -0.05) is 0 Å². The molecule has 0 atom stereocenters. The third-order valence-electron chi connectivity index (χ3n) is 2.17. The molecule has 0 spiro atoms. The van der Waals surface area contributed by atoms with Gasteiger partial charge < -0.3 is 10.2 Å². The topological polar surface area (TPSA) is 78.5 Å². The Bertz CT molecular complexity index is 414. The first kappa shape index (κ1) is 12.3. The summed E-state index contributed by atoms with van der Waals surface area (Å²) >= 11 is 0. The minimum Gasteiger partial charge on any atom is -0.481 e. The molecular formula is C11H14NO4+. The maximum atomic E-state index is 11.4. The Morgan fingerprint density at radius 1 is 1.44 bits per heavy atom. The van der Waals surface area contributed by atoms with Crippen molar-refractivity contribution >= 4 is 11.8 Å². The van der Waals surface area contributed by atoms with E-state index in [1.165, 1.54) is 6.92 Å². The van der Waals surface area contributed by atoms with Gasteiger partial charge >= 0.3 is 5.97 Å². The molecule has 0 radical (unpaired) electrons. The first-order valence-corrected chi connectivity index (χ1v) is 4.91. The number of rotatable bonds is 5. The summed E-state index contributed by atoms with van der Waals surface area (Å²) in [6.45, 7) is 1.57. The molecule has 0 saturated carbocycles. The average Bonchev–Trinajstić information content (AvgIpc) is 2.16. The molecule has 5 heteroatoms. The molecule has 0 bridgehead atoms. The van der Waals surface area contributed by atoms with E-state index in [-0.39, 0.29) is 25.4 Å². The summed E-state index contributed by atoms with van der Waals surface area (Å²) in [5, 5.41) is 17.6. The van der Waals surface area contributed by atoms with Gasteiger partial charge in [0.25, 0.3) is 5.69 Å². The van der Waals surface area contributed by atoms with Crippen LogP contribution >= 0.6 is 0 Å². The minimum atomic E-state index is -0.982. The molecule has 2 N–H and O–H groups in total. The van der Waals surface area contributed by atoms with E-state index < -0.39 is 5.97 Å². The highest BCUT2D eigenvalue weighted by molar-refractivity contribution is 5.93. The lowest BCUT2D eigenvalue weighted by molar-refractivity contribution is -0.700. The summed E-state index contributed by atoms with van der Waals surface area (Å²) in [5.41, 5.74) is 0.815. The van der Waals surface area contributed by atoms with E-state index >= 15 is 0 Å². The van der Waals surface area contributed by atoms with Gasteiger partial charge in [0.2, 0.25) is 5.78 Å². The summed E-state index contributed by atoms with van der Waals surface area (Å²) in [6.07, 6.45) is 1.46. The molecule has 0 aliphatic carbocycles. The van der Waals surface area contributed by atoms with Gasteiger partial charge in [-0.3, -0.25) is 9.59 Å². The molecule has 1 heterocycles. The summed E-state index contributed by atoms with van der Waals surface area (Å²) in [4.78, 5) is 22.1. The molecule has 1 rings (SSSR count). The molecule has 0 saturated heterocycles. The van der Waals surface area contributed by atoms with Gasteiger partial charge in [-0.15, -0.1) is 0 Å². The number of carbonyl (C=O) groups excluding carboxylic acids is 1. The van der Waals surface area contributed by atoms with Gasteiger partial charge in [0.05, 0.1) is 6.42 Å². The summed E-state index contributed by atoms with van der Waals surface area (Å²) in [5.74, 6) is -1.19. The first-order chi connectivity index (χ1) is 7.56. The molecule has 0 aliphatic heterocycles. The fourth-order valence-electron chi connectivity index (χ4n) is 1.63. The van der Waals surface area contributed by atoms with Crippen LogP contribution in [-0.2, 0) is 17.8 Å². The summed E-state index contributed by atoms with van der Waals surface area (Å²) < 4.78 is 1.57. The average molecular weight is 224 g/mol. The van der Waals surface area contributed by atoms with Crippen LogP contribution in [-0.4, -0.2) is 28.6 Å². The van der Waals surface area contributed by atoms with Crippen molar-refractivity contribution < 1.29 is 24.4 Å². The Morgan fingerprint density at radius 2 is 2.12 bits per heavy atom. The van der Waals surface area contributed by atoms with Crippen LogP contribution in [0.5, 0.6) is 0 Å². The second kappa shape index (κ2) is 5.37. The number of aliphatic hydroxyl groups is 1. The number of pyridine rings is 1. The lowest BCUT2D eigenvalue weighted by Crippen LogP contribution is -2.42. The van der Waals surface area contributed by atoms with E-state index in [0.717, 1.165) is 0 Å². The van der Waals surface area contributed by atoms with Gasteiger partial charge in [-0.05, 0) is 6.07 Å². The highest BCUT2D eigenvalue weighted by atomic mass is 16.4. The molecule has 5 nitrogen and oxygen atoms in total. The minimum absolute atomic E-state index is 0.0958. The van der Waals surface area contributed by atoms with Gasteiger partial charge in [-0.25, -0.2) is 0 Å². The summed E-state index contributed by atoms with van der Waals surface area (Å²) in [6, 6.07) is 3.28. The van der Waals surface area contributed by atoms with Crippen LogP contribution < -0.4 is 4.57 Å². The zero-order valence-electron chi connectivity index (χ0n) is 9.01. The standard InChI is InChI=1S/C11H13NO4/c1-8(14)11-9(7-10(15)16)3-2-4-12(11)5-6-13/h2-4,13H,5-7H2,1H3/p+1. The van der Waals surface area contributed by atoms with E-state index in [1.54, 1.807) is 22.9 Å². The molecule has 0 amide bonds. The number of nitrogens with zero attached hydrogens (tertiary/aromatic N) is 1. The van der Waals surface area contributed by atoms with Gasteiger partial charge in [0.1, 0.15) is 6.61 Å². The number of carboxylic acid groups (broad SMARTS) is 1. The first-order valence-electron chi connectivity index (χ1n) is 4.91. The normalized spacial score (nSPS) is 10.1. The number of hydrogen-bond donors (Lipinski definition) is 2. The van der Waals surface area contributed by atoms with Crippen LogP contribution in [0.4, 0.5) is 0 Å². The maximum absolute atomic E-state index is 11.4. The maximum Gasteiger partial charge on any atom is 0.308 e. The van der Waals surface area contributed by atoms with E-state index in [2.05, 4.69) is 0 Å².